The number of methoxy groups -OCH3 is 2. The summed E-state index contributed by atoms with van der Waals surface area (Å²) in [6.07, 6.45) is 3.60. The highest BCUT2D eigenvalue weighted by molar-refractivity contribution is 5.50. The van der Waals surface area contributed by atoms with E-state index in [1.807, 2.05) is 19.1 Å². The predicted molar refractivity (Wildman–Crippen MR) is 76.9 cm³/mol. The normalized spacial score (nSPS) is 20.9. The summed E-state index contributed by atoms with van der Waals surface area (Å²) in [6.45, 7) is 3.05. The number of benzene rings is 1. The van der Waals surface area contributed by atoms with Gasteiger partial charge in [0.15, 0.2) is 0 Å². The Kier molecular flexibility index (Phi) is 4.66. The minimum atomic E-state index is -0.0418. The van der Waals surface area contributed by atoms with Gasteiger partial charge in [0.1, 0.15) is 11.5 Å². The summed E-state index contributed by atoms with van der Waals surface area (Å²) in [5.41, 5.74) is 8.49. The van der Waals surface area contributed by atoms with E-state index in [0.717, 1.165) is 35.6 Å². The molecule has 19 heavy (non-hydrogen) atoms. The highest BCUT2D eigenvalue weighted by atomic mass is 16.5. The minimum absolute atomic E-state index is 0.0418. The molecule has 2 atom stereocenters. The molecule has 1 aromatic carbocycles. The lowest BCUT2D eigenvalue weighted by molar-refractivity contribution is 0.339. The van der Waals surface area contributed by atoms with Crippen LogP contribution >= 0.6 is 0 Å². The molecular weight excluding hydrogens is 240 g/mol. The molecule has 1 aliphatic rings. The monoisotopic (exact) mass is 264 g/mol. The van der Waals surface area contributed by atoms with Crippen LogP contribution in [0.25, 0.3) is 0 Å². The van der Waals surface area contributed by atoms with Crippen molar-refractivity contribution in [2.75, 3.05) is 20.8 Å². The van der Waals surface area contributed by atoms with Gasteiger partial charge in [-0.1, -0.05) is 6.42 Å². The van der Waals surface area contributed by atoms with Crippen LogP contribution in [0.1, 0.15) is 36.4 Å². The SMILES string of the molecule is COc1ccc(C(N)C2CCCCN2)c(OC)c1C. The molecule has 4 nitrogen and oxygen atoms in total. The number of hydrogen-bond donors (Lipinski definition) is 2. The summed E-state index contributed by atoms with van der Waals surface area (Å²) >= 11 is 0. The summed E-state index contributed by atoms with van der Waals surface area (Å²) in [5.74, 6) is 1.68. The second-order valence-corrected chi connectivity index (χ2v) is 5.10. The Bertz CT molecular complexity index is 428. The van der Waals surface area contributed by atoms with E-state index in [9.17, 15) is 0 Å². The van der Waals surface area contributed by atoms with Crippen LogP contribution < -0.4 is 20.5 Å². The van der Waals surface area contributed by atoms with Crippen LogP contribution in [0.3, 0.4) is 0 Å². The molecule has 3 N–H and O–H groups in total. The number of nitrogens with one attached hydrogen (secondary N) is 1. The van der Waals surface area contributed by atoms with Gasteiger partial charge in [-0.25, -0.2) is 0 Å². The van der Waals surface area contributed by atoms with E-state index in [2.05, 4.69) is 5.32 Å². The van der Waals surface area contributed by atoms with Crippen molar-refractivity contribution in [1.82, 2.24) is 5.32 Å². The molecule has 2 unspecified atom stereocenters. The molecule has 0 aromatic heterocycles. The van der Waals surface area contributed by atoms with E-state index in [1.165, 1.54) is 12.8 Å². The van der Waals surface area contributed by atoms with Gasteiger partial charge in [0, 0.05) is 23.2 Å². The second kappa shape index (κ2) is 6.26. The number of hydrogen-bond acceptors (Lipinski definition) is 4. The largest absolute Gasteiger partial charge is 0.496 e. The van der Waals surface area contributed by atoms with E-state index in [1.54, 1.807) is 14.2 Å². The number of nitrogens with two attached hydrogens (primary N) is 1. The van der Waals surface area contributed by atoms with Crippen molar-refractivity contribution >= 4 is 0 Å². The molecule has 4 heteroatoms. The van der Waals surface area contributed by atoms with Crippen molar-refractivity contribution in [1.29, 1.82) is 0 Å². The highest BCUT2D eigenvalue weighted by Gasteiger charge is 2.25. The van der Waals surface area contributed by atoms with E-state index in [4.69, 9.17) is 15.2 Å². The summed E-state index contributed by atoms with van der Waals surface area (Å²) in [6, 6.07) is 4.27. The zero-order chi connectivity index (χ0) is 13.8. The van der Waals surface area contributed by atoms with Gasteiger partial charge < -0.3 is 20.5 Å². The van der Waals surface area contributed by atoms with Crippen molar-refractivity contribution < 1.29 is 9.47 Å². The molecule has 0 radical (unpaired) electrons. The van der Waals surface area contributed by atoms with Crippen molar-refractivity contribution in [3.05, 3.63) is 23.3 Å². The Morgan fingerprint density at radius 2 is 2.05 bits per heavy atom. The van der Waals surface area contributed by atoms with Crippen molar-refractivity contribution in [3.63, 3.8) is 0 Å². The van der Waals surface area contributed by atoms with Crippen molar-refractivity contribution in [2.45, 2.75) is 38.3 Å². The lowest BCUT2D eigenvalue weighted by Gasteiger charge is -2.30. The third kappa shape index (κ3) is 2.85. The van der Waals surface area contributed by atoms with Crippen LogP contribution in [0, 0.1) is 6.92 Å². The molecule has 0 aliphatic carbocycles. The lowest BCUT2D eigenvalue weighted by Crippen LogP contribution is -2.42. The zero-order valence-corrected chi connectivity index (χ0v) is 12.0. The van der Waals surface area contributed by atoms with Gasteiger partial charge in [-0.3, -0.25) is 0 Å². The Morgan fingerprint density at radius 1 is 1.26 bits per heavy atom. The van der Waals surface area contributed by atoms with Gasteiger partial charge in [0.05, 0.1) is 14.2 Å². The highest BCUT2D eigenvalue weighted by Crippen LogP contribution is 2.35. The van der Waals surface area contributed by atoms with Crippen molar-refractivity contribution in [2.24, 2.45) is 5.73 Å². The van der Waals surface area contributed by atoms with Crippen LogP contribution in [-0.2, 0) is 0 Å². The number of ether oxygens (including phenoxy) is 2. The minimum Gasteiger partial charge on any atom is -0.496 e. The fourth-order valence-electron chi connectivity index (χ4n) is 2.85. The van der Waals surface area contributed by atoms with Gasteiger partial charge in [-0.15, -0.1) is 0 Å². The molecule has 0 amide bonds. The Labute approximate surface area is 115 Å². The third-order valence-corrected chi connectivity index (χ3v) is 3.95. The van der Waals surface area contributed by atoms with Gasteiger partial charge >= 0.3 is 0 Å². The average molecular weight is 264 g/mol. The molecular formula is C15H24N2O2. The topological polar surface area (TPSA) is 56.5 Å². The maximum atomic E-state index is 6.42. The van der Waals surface area contributed by atoms with Crippen LogP contribution in [0.5, 0.6) is 11.5 Å². The Hall–Kier alpha value is -1.26. The van der Waals surface area contributed by atoms with Crippen LogP contribution in [-0.4, -0.2) is 26.8 Å². The second-order valence-electron chi connectivity index (χ2n) is 5.10. The predicted octanol–water partition coefficient (Wildman–Crippen LogP) is 2.15. The fraction of sp³-hybridized carbons (Fsp3) is 0.600. The Morgan fingerprint density at radius 3 is 2.63 bits per heavy atom. The van der Waals surface area contributed by atoms with Crippen LogP contribution in [0.15, 0.2) is 12.1 Å². The van der Waals surface area contributed by atoms with Gasteiger partial charge in [-0.2, -0.15) is 0 Å². The first-order valence-corrected chi connectivity index (χ1v) is 6.89. The maximum absolute atomic E-state index is 6.42. The van der Waals surface area contributed by atoms with Crippen molar-refractivity contribution in [3.8, 4) is 11.5 Å². The third-order valence-electron chi connectivity index (χ3n) is 3.95. The van der Waals surface area contributed by atoms with E-state index in [0.29, 0.717) is 6.04 Å². The first kappa shape index (κ1) is 14.2. The van der Waals surface area contributed by atoms with Crippen LogP contribution in [0.2, 0.25) is 0 Å². The van der Waals surface area contributed by atoms with Gasteiger partial charge in [0.25, 0.3) is 0 Å². The summed E-state index contributed by atoms with van der Waals surface area (Å²) in [7, 11) is 3.36. The molecule has 106 valence electrons. The molecule has 1 saturated heterocycles. The smallest absolute Gasteiger partial charge is 0.130 e. The molecule has 1 fully saturated rings. The molecule has 1 aromatic rings. The van der Waals surface area contributed by atoms with Gasteiger partial charge in [0.2, 0.25) is 0 Å². The number of piperidine rings is 1. The first-order chi connectivity index (χ1) is 9.19. The molecule has 0 spiro atoms. The fourth-order valence-corrected chi connectivity index (χ4v) is 2.85. The molecule has 1 aliphatic heterocycles. The van der Waals surface area contributed by atoms with Crippen LogP contribution in [0.4, 0.5) is 0 Å². The van der Waals surface area contributed by atoms with E-state index in [-0.39, 0.29) is 6.04 Å². The number of rotatable bonds is 4. The first-order valence-electron chi connectivity index (χ1n) is 6.89. The van der Waals surface area contributed by atoms with E-state index >= 15 is 0 Å². The summed E-state index contributed by atoms with van der Waals surface area (Å²) in [5, 5.41) is 3.50. The summed E-state index contributed by atoms with van der Waals surface area (Å²) < 4.78 is 10.9. The standard InChI is InChI=1S/C15H24N2O2/c1-10-13(18-2)8-7-11(15(10)19-3)14(16)12-6-4-5-9-17-12/h7-8,12,14,17H,4-6,9,16H2,1-3H3. The Balaban J connectivity index is 2.30. The molecule has 0 bridgehead atoms. The molecule has 2 rings (SSSR count). The maximum Gasteiger partial charge on any atom is 0.130 e. The average Bonchev–Trinajstić information content (AvgIpc) is 2.47. The lowest BCUT2D eigenvalue weighted by atomic mass is 9.91. The summed E-state index contributed by atoms with van der Waals surface area (Å²) in [4.78, 5) is 0. The van der Waals surface area contributed by atoms with E-state index < -0.39 is 0 Å². The van der Waals surface area contributed by atoms with Gasteiger partial charge in [-0.05, 0) is 38.4 Å². The quantitative estimate of drug-likeness (QED) is 0.875. The zero-order valence-electron chi connectivity index (χ0n) is 12.0. The molecule has 0 saturated carbocycles. The molecule has 1 heterocycles.